The summed E-state index contributed by atoms with van der Waals surface area (Å²) >= 11 is 12.5. The minimum absolute atomic E-state index is 0.456. The van der Waals surface area contributed by atoms with Crippen LogP contribution in [0.15, 0.2) is 30.3 Å². The Hall–Kier alpha value is -1.64. The van der Waals surface area contributed by atoms with E-state index in [9.17, 15) is 0 Å². The van der Waals surface area contributed by atoms with Crippen LogP contribution in [0.4, 0.5) is 0 Å². The normalized spacial score (nSPS) is 11.1. The molecule has 0 aliphatic heterocycles. The second-order valence-electron chi connectivity index (χ2n) is 5.17. The monoisotopic (exact) mass is 316 g/mol. The summed E-state index contributed by atoms with van der Waals surface area (Å²) in [4.78, 5) is 9.18. The van der Waals surface area contributed by atoms with E-state index in [1.807, 2.05) is 25.1 Å². The van der Waals surface area contributed by atoms with Crippen molar-refractivity contribution in [2.45, 2.75) is 20.8 Å². The van der Waals surface area contributed by atoms with E-state index in [-0.39, 0.29) is 0 Å². The molecule has 0 N–H and O–H groups in total. The van der Waals surface area contributed by atoms with Crippen LogP contribution in [-0.4, -0.2) is 9.97 Å². The molecule has 2 nitrogen and oxygen atoms in total. The van der Waals surface area contributed by atoms with Crippen molar-refractivity contribution in [2.75, 3.05) is 0 Å². The molecule has 1 aromatic heterocycles. The molecule has 4 heteroatoms. The molecule has 2 aromatic carbocycles. The first kappa shape index (κ1) is 14.3. The average Bonchev–Trinajstić information content (AvgIpc) is 2.43. The zero-order valence-electron chi connectivity index (χ0n) is 12.0. The third-order valence-corrected chi connectivity index (χ3v) is 4.41. The molecule has 0 saturated heterocycles. The fraction of sp³-hybridized carbons (Fsp3) is 0.176. The molecule has 0 atom stereocenters. The van der Waals surface area contributed by atoms with Crippen LogP contribution in [0, 0.1) is 20.8 Å². The number of fused-ring (bicyclic) bond motifs is 1. The molecule has 0 unspecified atom stereocenters. The number of rotatable bonds is 1. The molecule has 3 aromatic rings. The highest BCUT2D eigenvalue weighted by Crippen LogP contribution is 2.32. The number of halogens is 2. The van der Waals surface area contributed by atoms with Crippen LogP contribution in [0.25, 0.3) is 22.3 Å². The van der Waals surface area contributed by atoms with Crippen LogP contribution < -0.4 is 0 Å². The summed E-state index contributed by atoms with van der Waals surface area (Å²) in [6, 6.07) is 9.82. The van der Waals surface area contributed by atoms with Crippen molar-refractivity contribution in [3.8, 4) is 11.4 Å². The second kappa shape index (κ2) is 5.28. The van der Waals surface area contributed by atoms with E-state index >= 15 is 0 Å². The van der Waals surface area contributed by atoms with Gasteiger partial charge in [0.15, 0.2) is 5.82 Å². The highest BCUT2D eigenvalue weighted by Gasteiger charge is 2.14. The fourth-order valence-corrected chi connectivity index (χ4v) is 2.93. The van der Waals surface area contributed by atoms with Gasteiger partial charge in [-0.05, 0) is 49.6 Å². The topological polar surface area (TPSA) is 25.8 Å². The maximum absolute atomic E-state index is 6.35. The summed E-state index contributed by atoms with van der Waals surface area (Å²) in [6.07, 6.45) is 0. The zero-order valence-corrected chi connectivity index (χ0v) is 13.5. The summed E-state index contributed by atoms with van der Waals surface area (Å²) in [7, 11) is 0. The molecular weight excluding hydrogens is 303 g/mol. The van der Waals surface area contributed by atoms with E-state index in [1.54, 1.807) is 0 Å². The van der Waals surface area contributed by atoms with Gasteiger partial charge in [0.05, 0.1) is 5.52 Å². The SMILES string of the molecule is Cc1cccc(C)c1-c1nc(Cl)c2ccc(Cl)c(C)c2n1. The molecular formula is C17H14Cl2N2. The molecule has 0 bridgehead atoms. The van der Waals surface area contributed by atoms with E-state index in [0.717, 1.165) is 33.2 Å². The fourth-order valence-electron chi connectivity index (χ4n) is 2.55. The molecule has 21 heavy (non-hydrogen) atoms. The highest BCUT2D eigenvalue weighted by molar-refractivity contribution is 6.35. The minimum Gasteiger partial charge on any atom is -0.228 e. The van der Waals surface area contributed by atoms with Crippen LogP contribution in [0.5, 0.6) is 0 Å². The van der Waals surface area contributed by atoms with Crippen LogP contribution in [0.2, 0.25) is 10.2 Å². The largest absolute Gasteiger partial charge is 0.228 e. The van der Waals surface area contributed by atoms with Crippen LogP contribution in [-0.2, 0) is 0 Å². The molecule has 0 aliphatic carbocycles. The number of aryl methyl sites for hydroxylation is 3. The van der Waals surface area contributed by atoms with Crippen LogP contribution in [0.1, 0.15) is 16.7 Å². The van der Waals surface area contributed by atoms with Crippen LogP contribution >= 0.6 is 23.2 Å². The summed E-state index contributed by atoms with van der Waals surface area (Å²) in [5.74, 6) is 0.647. The van der Waals surface area contributed by atoms with Gasteiger partial charge in [0, 0.05) is 16.0 Å². The van der Waals surface area contributed by atoms with Crippen molar-refractivity contribution in [3.05, 3.63) is 57.2 Å². The zero-order chi connectivity index (χ0) is 15.1. The maximum atomic E-state index is 6.35. The average molecular weight is 317 g/mol. The van der Waals surface area contributed by atoms with Gasteiger partial charge in [0.2, 0.25) is 0 Å². The quantitative estimate of drug-likeness (QED) is 0.552. The van der Waals surface area contributed by atoms with Crippen molar-refractivity contribution in [1.29, 1.82) is 0 Å². The first-order valence-electron chi connectivity index (χ1n) is 6.68. The smallest absolute Gasteiger partial charge is 0.162 e. The van der Waals surface area contributed by atoms with E-state index in [0.29, 0.717) is 16.0 Å². The van der Waals surface area contributed by atoms with Gasteiger partial charge in [-0.2, -0.15) is 0 Å². The van der Waals surface area contributed by atoms with Crippen molar-refractivity contribution in [3.63, 3.8) is 0 Å². The number of aromatic nitrogens is 2. The lowest BCUT2D eigenvalue weighted by atomic mass is 10.0. The Balaban J connectivity index is 2.38. The van der Waals surface area contributed by atoms with E-state index < -0.39 is 0 Å². The molecule has 0 radical (unpaired) electrons. The van der Waals surface area contributed by atoms with Crippen molar-refractivity contribution < 1.29 is 0 Å². The van der Waals surface area contributed by atoms with Gasteiger partial charge in [-0.1, -0.05) is 41.4 Å². The Kier molecular flexibility index (Phi) is 3.60. The molecule has 0 fully saturated rings. The summed E-state index contributed by atoms with van der Waals surface area (Å²) in [5.41, 5.74) is 5.02. The van der Waals surface area contributed by atoms with Gasteiger partial charge in [-0.3, -0.25) is 0 Å². The Morgan fingerprint density at radius 2 is 1.52 bits per heavy atom. The maximum Gasteiger partial charge on any atom is 0.162 e. The summed E-state index contributed by atoms with van der Waals surface area (Å²) in [6.45, 7) is 6.05. The first-order chi connectivity index (χ1) is 9.99. The predicted octanol–water partition coefficient (Wildman–Crippen LogP) is 5.53. The van der Waals surface area contributed by atoms with Crippen molar-refractivity contribution in [2.24, 2.45) is 0 Å². The summed E-state index contributed by atoms with van der Waals surface area (Å²) in [5, 5.41) is 1.97. The van der Waals surface area contributed by atoms with E-state index in [4.69, 9.17) is 28.2 Å². The van der Waals surface area contributed by atoms with Gasteiger partial charge in [0.25, 0.3) is 0 Å². The number of hydrogen-bond donors (Lipinski definition) is 0. The lowest BCUT2D eigenvalue weighted by Gasteiger charge is -2.11. The second-order valence-corrected chi connectivity index (χ2v) is 5.94. The number of hydrogen-bond acceptors (Lipinski definition) is 2. The Labute approximate surface area is 133 Å². The Morgan fingerprint density at radius 3 is 2.19 bits per heavy atom. The molecule has 1 heterocycles. The predicted molar refractivity (Wildman–Crippen MR) is 89.2 cm³/mol. The lowest BCUT2D eigenvalue weighted by Crippen LogP contribution is -1.97. The Morgan fingerprint density at radius 1 is 0.857 bits per heavy atom. The highest BCUT2D eigenvalue weighted by atomic mass is 35.5. The summed E-state index contributed by atoms with van der Waals surface area (Å²) < 4.78 is 0. The van der Waals surface area contributed by atoms with Gasteiger partial charge < -0.3 is 0 Å². The molecule has 0 spiro atoms. The van der Waals surface area contributed by atoms with Gasteiger partial charge >= 0.3 is 0 Å². The molecule has 106 valence electrons. The molecule has 0 aliphatic rings. The number of benzene rings is 2. The van der Waals surface area contributed by atoms with Crippen LogP contribution in [0.3, 0.4) is 0 Å². The molecule has 0 saturated carbocycles. The Bertz CT molecular complexity index is 837. The minimum atomic E-state index is 0.456. The van der Waals surface area contributed by atoms with Gasteiger partial charge in [-0.15, -0.1) is 0 Å². The van der Waals surface area contributed by atoms with E-state index in [2.05, 4.69) is 31.0 Å². The van der Waals surface area contributed by atoms with Gasteiger partial charge in [-0.25, -0.2) is 9.97 Å². The van der Waals surface area contributed by atoms with Gasteiger partial charge in [0.1, 0.15) is 5.15 Å². The molecule has 3 rings (SSSR count). The van der Waals surface area contributed by atoms with Crippen molar-refractivity contribution in [1.82, 2.24) is 9.97 Å². The lowest BCUT2D eigenvalue weighted by molar-refractivity contribution is 1.19. The standard InChI is InChI=1S/C17H14Cl2N2/c1-9-5-4-6-10(2)14(9)17-20-15-11(3)13(18)8-7-12(15)16(19)21-17/h4-8H,1-3H3. The van der Waals surface area contributed by atoms with Crippen molar-refractivity contribution >= 4 is 34.1 Å². The first-order valence-corrected chi connectivity index (χ1v) is 7.43. The third kappa shape index (κ3) is 2.39. The third-order valence-electron chi connectivity index (χ3n) is 3.71. The number of nitrogens with zero attached hydrogens (tertiary/aromatic N) is 2. The molecule has 0 amide bonds. The van der Waals surface area contributed by atoms with E-state index in [1.165, 1.54) is 0 Å².